The maximum Gasteiger partial charge on any atom is 0.306 e. The van der Waals surface area contributed by atoms with E-state index in [-0.39, 0.29) is 25.6 Å². The van der Waals surface area contributed by atoms with E-state index >= 15 is 0 Å². The van der Waals surface area contributed by atoms with E-state index in [0.717, 1.165) is 77.0 Å². The molecular formula is C57H102O14. The molecule has 11 unspecified atom stereocenters. The molecule has 0 bridgehead atoms. The molecular weight excluding hydrogens is 909 g/mol. The molecule has 2 heterocycles. The lowest BCUT2D eigenvalue weighted by Crippen LogP contribution is -2.61. The molecule has 2 rings (SSSR count). The van der Waals surface area contributed by atoms with Crippen LogP contribution in [0, 0.1) is 0 Å². The van der Waals surface area contributed by atoms with Crippen molar-refractivity contribution in [2.24, 2.45) is 0 Å². The molecule has 0 aromatic heterocycles. The van der Waals surface area contributed by atoms with Gasteiger partial charge in [-0.05, 0) is 77.0 Å². The van der Waals surface area contributed by atoms with Crippen LogP contribution in [0.4, 0.5) is 0 Å². The Morgan fingerprint density at radius 3 is 1.38 bits per heavy atom. The lowest BCUT2D eigenvalue weighted by molar-refractivity contribution is -0.332. The predicted molar refractivity (Wildman–Crippen MR) is 279 cm³/mol. The maximum atomic E-state index is 13.1. The summed E-state index contributed by atoms with van der Waals surface area (Å²) in [5.74, 6) is -0.390. The quantitative estimate of drug-likeness (QED) is 0.0172. The Morgan fingerprint density at radius 2 is 0.873 bits per heavy atom. The largest absolute Gasteiger partial charge is 0.457 e. The second kappa shape index (κ2) is 44.3. The number of allylic oxidation sites excluding steroid dienone is 8. The molecule has 0 saturated carbocycles. The molecule has 0 amide bonds. The number of carbonyl (C=O) groups is 1. The summed E-state index contributed by atoms with van der Waals surface area (Å²) in [6.07, 6.45) is 35.9. The molecule has 14 nitrogen and oxygen atoms in total. The van der Waals surface area contributed by atoms with Crippen LogP contribution < -0.4 is 0 Å². The molecule has 0 spiro atoms. The van der Waals surface area contributed by atoms with Crippen molar-refractivity contribution in [2.75, 3.05) is 33.0 Å². The molecule has 2 fully saturated rings. The normalized spacial score (nSPS) is 25.6. The summed E-state index contributed by atoms with van der Waals surface area (Å²) in [5, 5.41) is 72.3. The first-order valence-corrected chi connectivity index (χ1v) is 28.2. The van der Waals surface area contributed by atoms with E-state index in [1.807, 2.05) is 0 Å². The molecule has 2 aliphatic heterocycles. The molecule has 0 aromatic rings. The van der Waals surface area contributed by atoms with Gasteiger partial charge in [0.2, 0.25) is 0 Å². The SMILES string of the molecule is CCCCCCC/C=C\C/C=C\C/C=C\CCCCCCCCC(=O)OC(COCCCCCCCC/C=C\CCCCCCCC)COC1OC(COC2OC(CO)C(O)C(O)C2O)C(O)C(O)C1O. The van der Waals surface area contributed by atoms with E-state index in [1.54, 1.807) is 0 Å². The van der Waals surface area contributed by atoms with Crippen molar-refractivity contribution < 1.29 is 69.0 Å². The van der Waals surface area contributed by atoms with Gasteiger partial charge in [-0.2, -0.15) is 0 Å². The van der Waals surface area contributed by atoms with Crippen molar-refractivity contribution >= 4 is 5.97 Å². The second-order valence-corrected chi connectivity index (χ2v) is 19.8. The van der Waals surface area contributed by atoms with E-state index in [1.165, 1.54) is 103 Å². The lowest BCUT2D eigenvalue weighted by Gasteiger charge is -2.42. The first-order chi connectivity index (χ1) is 34.6. The number of carbonyl (C=O) groups excluding carboxylic acids is 1. The first-order valence-electron chi connectivity index (χ1n) is 28.2. The lowest BCUT2D eigenvalue weighted by atomic mass is 9.98. The minimum atomic E-state index is -1.71. The van der Waals surface area contributed by atoms with Crippen LogP contribution in [-0.4, -0.2) is 142 Å². The van der Waals surface area contributed by atoms with Gasteiger partial charge in [-0.1, -0.05) is 172 Å². The van der Waals surface area contributed by atoms with Gasteiger partial charge >= 0.3 is 5.97 Å². The molecule has 2 aliphatic rings. The van der Waals surface area contributed by atoms with Gasteiger partial charge < -0.3 is 64.2 Å². The Bertz CT molecular complexity index is 1360. The number of hydrogen-bond acceptors (Lipinski definition) is 14. The van der Waals surface area contributed by atoms with Gasteiger partial charge in [-0.3, -0.25) is 4.79 Å². The smallest absolute Gasteiger partial charge is 0.306 e. The van der Waals surface area contributed by atoms with Gasteiger partial charge in [0.25, 0.3) is 0 Å². The minimum Gasteiger partial charge on any atom is -0.457 e. The Morgan fingerprint density at radius 1 is 0.465 bits per heavy atom. The highest BCUT2D eigenvalue weighted by Gasteiger charge is 2.47. The highest BCUT2D eigenvalue weighted by Crippen LogP contribution is 2.26. The zero-order valence-electron chi connectivity index (χ0n) is 44.2. The van der Waals surface area contributed by atoms with Gasteiger partial charge in [-0.15, -0.1) is 0 Å². The summed E-state index contributed by atoms with van der Waals surface area (Å²) in [4.78, 5) is 13.1. The number of unbranched alkanes of at least 4 members (excludes halogenated alkanes) is 23. The Kier molecular flexibility index (Phi) is 40.6. The highest BCUT2D eigenvalue weighted by molar-refractivity contribution is 5.69. The van der Waals surface area contributed by atoms with Crippen molar-refractivity contribution in [2.45, 2.75) is 274 Å². The fraction of sp³-hybridized carbons (Fsp3) is 0.842. The number of esters is 1. The monoisotopic (exact) mass is 1010 g/mol. The highest BCUT2D eigenvalue weighted by atomic mass is 16.7. The number of rotatable bonds is 45. The number of ether oxygens (including phenoxy) is 6. The summed E-state index contributed by atoms with van der Waals surface area (Å²) in [6, 6.07) is 0. The van der Waals surface area contributed by atoms with Crippen LogP contribution in [0.15, 0.2) is 48.6 Å². The third-order valence-electron chi connectivity index (χ3n) is 13.3. The molecule has 414 valence electrons. The minimum absolute atomic E-state index is 0.0514. The third kappa shape index (κ3) is 31.4. The Balaban J connectivity index is 1.74. The van der Waals surface area contributed by atoms with Crippen molar-refractivity contribution in [3.8, 4) is 0 Å². The third-order valence-corrected chi connectivity index (χ3v) is 13.3. The van der Waals surface area contributed by atoms with Crippen LogP contribution in [0.25, 0.3) is 0 Å². The van der Waals surface area contributed by atoms with Crippen molar-refractivity contribution in [1.82, 2.24) is 0 Å². The van der Waals surface area contributed by atoms with E-state index in [4.69, 9.17) is 28.4 Å². The van der Waals surface area contributed by atoms with E-state index < -0.39 is 80.7 Å². The standard InChI is InChI=1S/C57H102O14/c1-3-5-7-9-11-13-15-17-19-21-22-23-24-25-26-28-30-32-34-36-38-40-49(59)69-46(43-66-41-39-37-35-33-31-29-27-20-18-16-14-12-10-8-6-4-2)44-67-56-55(65)53(63)51(61)48(71-56)45-68-57-54(64)52(62)50(60)47(42-58)70-57/h15,17-18,20-22,24-25,46-48,50-58,60-65H,3-14,16,19,23,26-45H2,1-2H3/b17-15-,20-18-,22-21-,25-24-. The summed E-state index contributed by atoms with van der Waals surface area (Å²) >= 11 is 0. The van der Waals surface area contributed by atoms with Crippen molar-refractivity contribution in [1.29, 1.82) is 0 Å². The molecule has 2 saturated heterocycles. The van der Waals surface area contributed by atoms with Crippen molar-refractivity contribution in [3.63, 3.8) is 0 Å². The fourth-order valence-corrected chi connectivity index (χ4v) is 8.70. The van der Waals surface area contributed by atoms with Gasteiger partial charge in [0.05, 0.1) is 26.4 Å². The molecule has 7 N–H and O–H groups in total. The van der Waals surface area contributed by atoms with Gasteiger partial charge in [0.1, 0.15) is 54.9 Å². The molecule has 0 aliphatic carbocycles. The number of aliphatic hydroxyl groups excluding tert-OH is 7. The van der Waals surface area contributed by atoms with E-state index in [9.17, 15) is 40.5 Å². The molecule has 14 heteroatoms. The average molecular weight is 1010 g/mol. The van der Waals surface area contributed by atoms with Crippen LogP contribution in [0.5, 0.6) is 0 Å². The Hall–Kier alpha value is -2.05. The Labute approximate surface area is 429 Å². The van der Waals surface area contributed by atoms with Crippen LogP contribution in [-0.2, 0) is 33.2 Å². The molecule has 11 atom stereocenters. The number of hydrogen-bond donors (Lipinski definition) is 7. The fourth-order valence-electron chi connectivity index (χ4n) is 8.70. The summed E-state index contributed by atoms with van der Waals surface area (Å²) in [5.41, 5.74) is 0. The molecule has 0 aromatic carbocycles. The molecule has 71 heavy (non-hydrogen) atoms. The van der Waals surface area contributed by atoms with Crippen LogP contribution >= 0.6 is 0 Å². The second-order valence-electron chi connectivity index (χ2n) is 19.8. The molecule has 0 radical (unpaired) electrons. The average Bonchev–Trinajstić information content (AvgIpc) is 3.37. The maximum absolute atomic E-state index is 13.1. The summed E-state index contributed by atoms with van der Waals surface area (Å²) < 4.78 is 34.3. The van der Waals surface area contributed by atoms with Crippen molar-refractivity contribution in [3.05, 3.63) is 48.6 Å². The first kappa shape index (κ1) is 65.1. The van der Waals surface area contributed by atoms with Crippen LogP contribution in [0.1, 0.15) is 206 Å². The van der Waals surface area contributed by atoms with Gasteiger partial charge in [-0.25, -0.2) is 0 Å². The summed E-state index contributed by atoms with van der Waals surface area (Å²) in [7, 11) is 0. The number of aliphatic hydroxyl groups is 7. The topological polar surface area (TPSA) is 214 Å². The van der Waals surface area contributed by atoms with Gasteiger partial charge in [0, 0.05) is 13.0 Å². The van der Waals surface area contributed by atoms with Crippen LogP contribution in [0.2, 0.25) is 0 Å². The van der Waals surface area contributed by atoms with E-state index in [2.05, 4.69) is 62.5 Å². The van der Waals surface area contributed by atoms with Crippen LogP contribution in [0.3, 0.4) is 0 Å². The zero-order chi connectivity index (χ0) is 51.6. The van der Waals surface area contributed by atoms with Gasteiger partial charge in [0.15, 0.2) is 12.6 Å². The van der Waals surface area contributed by atoms with E-state index in [0.29, 0.717) is 13.0 Å². The predicted octanol–water partition coefficient (Wildman–Crippen LogP) is 9.52. The zero-order valence-corrected chi connectivity index (χ0v) is 44.2. The summed E-state index contributed by atoms with van der Waals surface area (Å²) in [6.45, 7) is 3.65.